The van der Waals surface area contributed by atoms with E-state index in [1.807, 2.05) is 13.8 Å². The first-order valence-electron chi connectivity index (χ1n) is 10.0. The fraction of sp³-hybridized carbons (Fsp3) is 0.400. The lowest BCUT2D eigenvalue weighted by Crippen LogP contribution is -2.28. The van der Waals surface area contributed by atoms with E-state index in [1.165, 1.54) is 28.1 Å². The molecular weight excluding hydrogens is 520 g/mol. The molecule has 184 valence electrons. The van der Waals surface area contributed by atoms with Gasteiger partial charge in [0.05, 0.1) is 18.1 Å². The Morgan fingerprint density at radius 1 is 0.794 bits per heavy atom. The number of carboxylic acid groups (broad SMARTS) is 1. The van der Waals surface area contributed by atoms with Gasteiger partial charge in [-0.1, -0.05) is 13.8 Å². The minimum atomic E-state index is -1.12. The average Bonchev–Trinajstić information content (AvgIpc) is 3.53. The highest BCUT2D eigenvalue weighted by Gasteiger charge is 2.22. The van der Waals surface area contributed by atoms with Gasteiger partial charge in [-0.05, 0) is 19.8 Å². The normalized spacial score (nSPS) is 13.6. The number of aromatic carboxylic acids is 1. The molecule has 34 heavy (non-hydrogen) atoms. The van der Waals surface area contributed by atoms with Gasteiger partial charge in [-0.3, -0.25) is 9.59 Å². The molecule has 0 spiro atoms. The number of amides is 2. The quantitative estimate of drug-likeness (QED) is 0.316. The summed E-state index contributed by atoms with van der Waals surface area (Å²) in [4.78, 5) is 48.8. The molecule has 0 fully saturated rings. The molecule has 0 unspecified atom stereocenters. The molecule has 3 aromatic heterocycles. The molecule has 3 aromatic rings. The van der Waals surface area contributed by atoms with Crippen molar-refractivity contribution < 1.29 is 19.5 Å². The zero-order chi connectivity index (χ0) is 24.3. The first kappa shape index (κ1) is 27.8. The minimum absolute atomic E-state index is 0. The van der Waals surface area contributed by atoms with Crippen LogP contribution in [0.5, 0.6) is 0 Å². The maximum Gasteiger partial charge on any atom is 0.355 e. The highest BCUT2D eigenvalue weighted by Crippen LogP contribution is 2.24. The van der Waals surface area contributed by atoms with Gasteiger partial charge >= 0.3 is 5.97 Å². The summed E-state index contributed by atoms with van der Waals surface area (Å²) in [5, 5.41) is 21.1. The van der Waals surface area contributed by atoms with Crippen molar-refractivity contribution in [3.05, 3.63) is 48.2 Å². The van der Waals surface area contributed by atoms with Gasteiger partial charge in [0, 0.05) is 16.1 Å². The molecule has 3 rings (SSSR count). The molecule has 10 nitrogen and oxygen atoms in total. The lowest BCUT2D eigenvalue weighted by atomic mass is 10.1. The third-order valence-electron chi connectivity index (χ3n) is 4.69. The van der Waals surface area contributed by atoms with Gasteiger partial charge in [-0.15, -0.1) is 46.4 Å². The number of carboxylic acids is 1. The molecule has 0 aliphatic carbocycles. The zero-order valence-electron chi connectivity index (χ0n) is 18.8. The Hall–Kier alpha value is -2.45. The van der Waals surface area contributed by atoms with Crippen LogP contribution in [0.25, 0.3) is 0 Å². The summed E-state index contributed by atoms with van der Waals surface area (Å²) in [5.41, 5.74) is 6.54. The number of hydrogen-bond donors (Lipinski definition) is 4. The van der Waals surface area contributed by atoms with Crippen LogP contribution in [-0.2, 0) is 0 Å². The number of nitrogens with one attached hydrogen (secondary N) is 2. The fourth-order valence-electron chi connectivity index (χ4n) is 2.67. The number of nitrogens with zero attached hydrogens (tertiary/aromatic N) is 3. The van der Waals surface area contributed by atoms with Crippen LogP contribution in [0.4, 0.5) is 0 Å². The molecule has 0 saturated carbocycles. The van der Waals surface area contributed by atoms with Crippen molar-refractivity contribution in [2.24, 2.45) is 11.7 Å². The van der Waals surface area contributed by atoms with Crippen LogP contribution in [0.2, 0.25) is 0 Å². The van der Waals surface area contributed by atoms with E-state index in [0.29, 0.717) is 20.7 Å². The summed E-state index contributed by atoms with van der Waals surface area (Å²) in [6.45, 7) is 7.48. The molecule has 0 aliphatic heterocycles. The fourth-order valence-corrected chi connectivity index (χ4v) is 5.25. The van der Waals surface area contributed by atoms with Crippen LogP contribution < -0.4 is 16.4 Å². The summed E-state index contributed by atoms with van der Waals surface area (Å²) in [6, 6.07) is -1.13. The van der Waals surface area contributed by atoms with Gasteiger partial charge in [-0.2, -0.15) is 0 Å². The summed E-state index contributed by atoms with van der Waals surface area (Å²) in [6.07, 6.45) is 0. The van der Waals surface area contributed by atoms with Gasteiger partial charge in [0.1, 0.15) is 26.4 Å². The molecule has 5 N–H and O–H groups in total. The van der Waals surface area contributed by atoms with Gasteiger partial charge < -0.3 is 21.5 Å². The number of aromatic nitrogens is 3. The number of carbonyl (C=O) groups excluding carboxylic acids is 2. The molecule has 3 heterocycles. The minimum Gasteiger partial charge on any atom is -0.476 e. The SMILES string of the molecule is CC(C)[C@H](N)c1nc(C(=O)N[C@@H](C)c2nc(C(=O)N[C@@H](C)c3nc(C(=O)O)cs3)cs2)cs1.Cl. The Balaban J connectivity index is 0.00000408. The highest BCUT2D eigenvalue weighted by atomic mass is 35.5. The Morgan fingerprint density at radius 2 is 1.18 bits per heavy atom. The second-order valence-electron chi connectivity index (χ2n) is 7.68. The van der Waals surface area contributed by atoms with E-state index >= 15 is 0 Å². The smallest absolute Gasteiger partial charge is 0.355 e. The maximum atomic E-state index is 12.6. The monoisotopic (exact) mass is 544 g/mol. The van der Waals surface area contributed by atoms with Crippen LogP contribution in [0, 0.1) is 5.92 Å². The molecular formula is C20H25ClN6O4S3. The number of carbonyl (C=O) groups is 3. The van der Waals surface area contributed by atoms with Crippen molar-refractivity contribution >= 4 is 64.2 Å². The van der Waals surface area contributed by atoms with Crippen molar-refractivity contribution in [2.45, 2.75) is 45.8 Å². The van der Waals surface area contributed by atoms with E-state index in [0.717, 1.165) is 11.3 Å². The van der Waals surface area contributed by atoms with Crippen LogP contribution >= 0.6 is 46.4 Å². The van der Waals surface area contributed by atoms with Crippen molar-refractivity contribution in [3.8, 4) is 0 Å². The average molecular weight is 545 g/mol. The van der Waals surface area contributed by atoms with Gasteiger partial charge in [-0.25, -0.2) is 19.7 Å². The predicted molar refractivity (Wildman–Crippen MR) is 134 cm³/mol. The second kappa shape index (κ2) is 11.8. The topological polar surface area (TPSA) is 160 Å². The number of hydrogen-bond acceptors (Lipinski definition) is 10. The van der Waals surface area contributed by atoms with Crippen molar-refractivity contribution in [1.29, 1.82) is 0 Å². The van der Waals surface area contributed by atoms with Crippen LogP contribution in [-0.4, -0.2) is 37.8 Å². The largest absolute Gasteiger partial charge is 0.476 e. The Bertz CT molecular complexity index is 1160. The number of nitrogens with two attached hydrogens (primary N) is 1. The van der Waals surface area contributed by atoms with Crippen LogP contribution in [0.3, 0.4) is 0 Å². The lowest BCUT2D eigenvalue weighted by molar-refractivity contribution is 0.0690. The molecule has 0 aromatic carbocycles. The second-order valence-corrected chi connectivity index (χ2v) is 10.3. The third kappa shape index (κ3) is 6.57. The Labute approximate surface area is 214 Å². The maximum absolute atomic E-state index is 12.6. The van der Waals surface area contributed by atoms with Crippen LogP contribution in [0.1, 0.15) is 92.3 Å². The van der Waals surface area contributed by atoms with E-state index in [4.69, 9.17) is 10.8 Å². The summed E-state index contributed by atoms with van der Waals surface area (Å²) >= 11 is 3.76. The number of thiazole rings is 3. The first-order valence-corrected chi connectivity index (χ1v) is 12.7. The Morgan fingerprint density at radius 3 is 1.59 bits per heavy atom. The van der Waals surface area contributed by atoms with E-state index < -0.39 is 24.0 Å². The number of halogens is 1. The zero-order valence-corrected chi connectivity index (χ0v) is 22.0. The van der Waals surface area contributed by atoms with E-state index in [2.05, 4.69) is 25.6 Å². The van der Waals surface area contributed by atoms with Crippen LogP contribution in [0.15, 0.2) is 16.1 Å². The molecule has 0 saturated heterocycles. The highest BCUT2D eigenvalue weighted by molar-refractivity contribution is 7.10. The summed E-state index contributed by atoms with van der Waals surface area (Å²) < 4.78 is 0. The van der Waals surface area contributed by atoms with Gasteiger partial charge in [0.25, 0.3) is 11.8 Å². The molecule has 0 bridgehead atoms. The molecule has 0 aliphatic rings. The van der Waals surface area contributed by atoms with Gasteiger partial charge in [0.2, 0.25) is 0 Å². The summed E-state index contributed by atoms with van der Waals surface area (Å²) in [5.74, 6) is -1.66. The third-order valence-corrected chi connectivity index (χ3v) is 7.69. The standard InChI is InChI=1S/C20H24N6O4S3.ClH/c1-8(2)14(21)19-25-12(6-33-19)16(28)22-9(3)17-24-11(5-31-17)15(27)23-10(4)18-26-13(7-32-18)20(29)30;/h5-10,14H,21H2,1-4H3,(H,22,28)(H,23,27)(H,29,30);1H/t9-,10-,14-;/m0./s1. The van der Waals surface area contributed by atoms with Crippen molar-refractivity contribution in [3.63, 3.8) is 0 Å². The summed E-state index contributed by atoms with van der Waals surface area (Å²) in [7, 11) is 0. The molecule has 3 atom stereocenters. The van der Waals surface area contributed by atoms with Crippen molar-refractivity contribution in [2.75, 3.05) is 0 Å². The molecule has 14 heteroatoms. The lowest BCUT2D eigenvalue weighted by Gasteiger charge is -2.12. The van der Waals surface area contributed by atoms with Gasteiger partial charge in [0.15, 0.2) is 5.69 Å². The molecule has 0 radical (unpaired) electrons. The Kier molecular flexibility index (Phi) is 9.64. The van der Waals surface area contributed by atoms with E-state index in [1.54, 1.807) is 24.6 Å². The first-order chi connectivity index (χ1) is 15.6. The van der Waals surface area contributed by atoms with E-state index in [-0.39, 0.29) is 41.7 Å². The van der Waals surface area contributed by atoms with Crippen molar-refractivity contribution in [1.82, 2.24) is 25.6 Å². The van der Waals surface area contributed by atoms with E-state index in [9.17, 15) is 14.4 Å². The molecule has 2 amide bonds. The predicted octanol–water partition coefficient (Wildman–Crippen LogP) is 3.81. The number of rotatable bonds is 9.